The highest BCUT2D eigenvalue weighted by Gasteiger charge is 2.20. The molecule has 5 heteroatoms. The maximum absolute atomic E-state index is 12.4. The molecule has 24 heavy (non-hydrogen) atoms. The lowest BCUT2D eigenvalue weighted by molar-refractivity contribution is 0.186. The van der Waals surface area contributed by atoms with Crippen LogP contribution in [0.2, 0.25) is 0 Å². The van der Waals surface area contributed by atoms with E-state index in [1.54, 1.807) is 0 Å². The first-order valence-corrected chi connectivity index (χ1v) is 9.03. The lowest BCUT2D eigenvalue weighted by Gasteiger charge is -2.22. The monoisotopic (exact) mass is 333 g/mol. The molecule has 0 bridgehead atoms. The maximum Gasteiger partial charge on any atom is 0.317 e. The summed E-state index contributed by atoms with van der Waals surface area (Å²) in [7, 11) is 0. The van der Waals surface area contributed by atoms with Crippen LogP contribution in [0.25, 0.3) is 0 Å². The van der Waals surface area contributed by atoms with Crippen LogP contribution in [-0.2, 0) is 13.1 Å². The van der Waals surface area contributed by atoms with Crippen molar-refractivity contribution >= 4 is 6.03 Å². The molecule has 1 heterocycles. The lowest BCUT2D eigenvalue weighted by Crippen LogP contribution is -2.41. The van der Waals surface area contributed by atoms with Gasteiger partial charge in [0, 0.05) is 18.7 Å². The number of nitrogens with one attached hydrogen (secondary N) is 1. The van der Waals surface area contributed by atoms with Crippen molar-refractivity contribution in [2.75, 3.05) is 32.8 Å². The van der Waals surface area contributed by atoms with Gasteiger partial charge in [-0.05, 0) is 36.7 Å². The van der Waals surface area contributed by atoms with E-state index in [1.165, 1.54) is 5.56 Å². The maximum atomic E-state index is 12.4. The van der Waals surface area contributed by atoms with Gasteiger partial charge < -0.3 is 15.0 Å². The summed E-state index contributed by atoms with van der Waals surface area (Å²) in [6.07, 6.45) is 0. The summed E-state index contributed by atoms with van der Waals surface area (Å²) in [6, 6.07) is 6.35. The van der Waals surface area contributed by atoms with Crippen LogP contribution in [0.4, 0.5) is 4.79 Å². The molecule has 0 aromatic heterocycles. The third kappa shape index (κ3) is 5.13. The number of nitrogens with zero attached hydrogens (tertiary/aromatic N) is 2. The second kappa shape index (κ2) is 8.92. The first-order chi connectivity index (χ1) is 11.5. The fourth-order valence-electron chi connectivity index (χ4n) is 2.83. The minimum absolute atomic E-state index is 0.00528. The number of carbonyl (C=O) groups excluding carboxylic acids is 1. The summed E-state index contributed by atoms with van der Waals surface area (Å²) in [4.78, 5) is 16.6. The van der Waals surface area contributed by atoms with Crippen LogP contribution >= 0.6 is 0 Å². The van der Waals surface area contributed by atoms with E-state index in [4.69, 9.17) is 4.74 Å². The van der Waals surface area contributed by atoms with Crippen molar-refractivity contribution in [2.45, 2.75) is 40.8 Å². The molecule has 2 amide bonds. The Kier molecular flexibility index (Phi) is 6.91. The Morgan fingerprint density at radius 1 is 1.33 bits per heavy atom. The highest BCUT2D eigenvalue weighted by molar-refractivity contribution is 5.74. The minimum atomic E-state index is -0.00528. The molecule has 0 saturated carbocycles. The number of rotatable bonds is 6. The zero-order valence-corrected chi connectivity index (χ0v) is 15.5. The van der Waals surface area contributed by atoms with Gasteiger partial charge in [-0.3, -0.25) is 4.90 Å². The summed E-state index contributed by atoms with van der Waals surface area (Å²) in [5, 5.41) is 3.00. The molecule has 134 valence electrons. The van der Waals surface area contributed by atoms with Crippen molar-refractivity contribution in [2.24, 2.45) is 5.92 Å². The molecule has 0 aliphatic carbocycles. The van der Waals surface area contributed by atoms with E-state index in [1.807, 2.05) is 11.0 Å². The van der Waals surface area contributed by atoms with E-state index in [-0.39, 0.29) is 6.03 Å². The van der Waals surface area contributed by atoms with E-state index in [2.05, 4.69) is 50.0 Å². The SMILES string of the molecule is CCN(CC)Cc1ccc2c(c1)CN(C(=O)NCC(C)C)CCO2. The Hall–Kier alpha value is -1.75. The number of fused-ring (bicyclic) bond motifs is 1. The van der Waals surface area contributed by atoms with Gasteiger partial charge in [0.1, 0.15) is 12.4 Å². The lowest BCUT2D eigenvalue weighted by atomic mass is 10.1. The average Bonchev–Trinajstić information content (AvgIpc) is 2.79. The smallest absolute Gasteiger partial charge is 0.317 e. The number of amides is 2. The predicted molar refractivity (Wildman–Crippen MR) is 97.2 cm³/mol. The molecule has 0 fully saturated rings. The molecule has 1 N–H and O–H groups in total. The molecule has 0 saturated heterocycles. The van der Waals surface area contributed by atoms with Gasteiger partial charge >= 0.3 is 6.03 Å². The first-order valence-electron chi connectivity index (χ1n) is 9.03. The van der Waals surface area contributed by atoms with Gasteiger partial charge in [-0.2, -0.15) is 0 Å². The largest absolute Gasteiger partial charge is 0.491 e. The van der Waals surface area contributed by atoms with Crippen LogP contribution in [0.5, 0.6) is 5.75 Å². The van der Waals surface area contributed by atoms with E-state index < -0.39 is 0 Å². The summed E-state index contributed by atoms with van der Waals surface area (Å²) in [5.41, 5.74) is 2.36. The molecule has 2 rings (SSSR count). The Balaban J connectivity index is 2.08. The third-order valence-corrected chi connectivity index (χ3v) is 4.35. The first kappa shape index (κ1) is 18.6. The molecule has 1 aromatic carbocycles. The summed E-state index contributed by atoms with van der Waals surface area (Å²) in [6.45, 7) is 14.0. The zero-order chi connectivity index (χ0) is 17.5. The average molecular weight is 333 g/mol. The normalized spacial score (nSPS) is 14.3. The number of hydrogen-bond donors (Lipinski definition) is 1. The van der Waals surface area contributed by atoms with Crippen LogP contribution in [-0.4, -0.2) is 48.6 Å². The van der Waals surface area contributed by atoms with Crippen molar-refractivity contribution in [1.29, 1.82) is 0 Å². The molecule has 0 unspecified atom stereocenters. The highest BCUT2D eigenvalue weighted by atomic mass is 16.5. The van der Waals surface area contributed by atoms with Gasteiger partial charge in [0.05, 0.1) is 13.1 Å². The molecule has 1 aliphatic rings. The topological polar surface area (TPSA) is 44.8 Å². The van der Waals surface area contributed by atoms with Crippen LogP contribution in [0.3, 0.4) is 0 Å². The molecular formula is C19H31N3O2. The Morgan fingerprint density at radius 3 is 2.75 bits per heavy atom. The zero-order valence-electron chi connectivity index (χ0n) is 15.5. The van der Waals surface area contributed by atoms with Crippen molar-refractivity contribution < 1.29 is 9.53 Å². The molecule has 1 aliphatic heterocycles. The van der Waals surface area contributed by atoms with Crippen LogP contribution < -0.4 is 10.1 Å². The van der Waals surface area contributed by atoms with Gasteiger partial charge in [0.15, 0.2) is 0 Å². The van der Waals surface area contributed by atoms with Gasteiger partial charge in [0.25, 0.3) is 0 Å². The second-order valence-electron chi connectivity index (χ2n) is 6.75. The Bertz CT molecular complexity index is 541. The Morgan fingerprint density at radius 2 is 2.08 bits per heavy atom. The van der Waals surface area contributed by atoms with E-state index in [0.29, 0.717) is 32.2 Å². The number of ether oxygens (including phenoxy) is 1. The molecule has 1 aromatic rings. The van der Waals surface area contributed by atoms with Gasteiger partial charge in [-0.1, -0.05) is 33.8 Å². The van der Waals surface area contributed by atoms with Crippen LogP contribution in [0, 0.1) is 5.92 Å². The van der Waals surface area contributed by atoms with E-state index in [9.17, 15) is 4.79 Å². The summed E-state index contributed by atoms with van der Waals surface area (Å²) >= 11 is 0. The van der Waals surface area contributed by atoms with E-state index >= 15 is 0 Å². The van der Waals surface area contributed by atoms with Gasteiger partial charge in [0.2, 0.25) is 0 Å². The van der Waals surface area contributed by atoms with E-state index in [0.717, 1.165) is 30.9 Å². The van der Waals surface area contributed by atoms with Crippen LogP contribution in [0.1, 0.15) is 38.8 Å². The summed E-state index contributed by atoms with van der Waals surface area (Å²) < 4.78 is 5.83. The van der Waals surface area contributed by atoms with Crippen molar-refractivity contribution in [3.63, 3.8) is 0 Å². The number of benzene rings is 1. The van der Waals surface area contributed by atoms with Gasteiger partial charge in [-0.25, -0.2) is 4.79 Å². The van der Waals surface area contributed by atoms with Crippen molar-refractivity contribution in [1.82, 2.24) is 15.1 Å². The summed E-state index contributed by atoms with van der Waals surface area (Å²) in [5.74, 6) is 1.35. The molecule has 0 atom stereocenters. The molecular weight excluding hydrogens is 302 g/mol. The molecule has 0 radical (unpaired) electrons. The Labute approximate surface area is 146 Å². The number of carbonyl (C=O) groups is 1. The second-order valence-corrected chi connectivity index (χ2v) is 6.75. The fraction of sp³-hybridized carbons (Fsp3) is 0.632. The van der Waals surface area contributed by atoms with Gasteiger partial charge in [-0.15, -0.1) is 0 Å². The quantitative estimate of drug-likeness (QED) is 0.870. The van der Waals surface area contributed by atoms with Crippen molar-refractivity contribution in [3.8, 4) is 5.75 Å². The third-order valence-electron chi connectivity index (χ3n) is 4.35. The molecule has 0 spiro atoms. The minimum Gasteiger partial charge on any atom is -0.491 e. The molecule has 5 nitrogen and oxygen atoms in total. The van der Waals surface area contributed by atoms with Crippen LogP contribution in [0.15, 0.2) is 18.2 Å². The standard InChI is InChI=1S/C19H31N3O2/c1-5-21(6-2)13-16-7-8-18-17(11-16)14-22(9-10-24-18)19(23)20-12-15(3)4/h7-8,11,15H,5-6,9-10,12-14H2,1-4H3,(H,20,23). The highest BCUT2D eigenvalue weighted by Crippen LogP contribution is 2.25. The fourth-order valence-corrected chi connectivity index (χ4v) is 2.83. The number of hydrogen-bond acceptors (Lipinski definition) is 3. The number of urea groups is 1. The van der Waals surface area contributed by atoms with Crippen molar-refractivity contribution in [3.05, 3.63) is 29.3 Å². The predicted octanol–water partition coefficient (Wildman–Crippen LogP) is 3.09.